The number of rotatable bonds is 14. The van der Waals surface area contributed by atoms with Crippen LogP contribution in [-0.2, 0) is 16.0 Å². The summed E-state index contributed by atoms with van der Waals surface area (Å²) in [5.41, 5.74) is 4.61. The van der Waals surface area contributed by atoms with Crippen LogP contribution in [0.25, 0.3) is 11.1 Å². The highest BCUT2D eigenvalue weighted by Crippen LogP contribution is 2.26. The molecule has 6 nitrogen and oxygen atoms in total. The summed E-state index contributed by atoms with van der Waals surface area (Å²) in [7, 11) is 1.77. The van der Waals surface area contributed by atoms with Crippen molar-refractivity contribution in [3.05, 3.63) is 90.0 Å². The third-order valence-electron chi connectivity index (χ3n) is 6.72. The molecule has 2 N–H and O–H groups in total. The van der Waals surface area contributed by atoms with E-state index >= 15 is 0 Å². The molecule has 2 unspecified atom stereocenters. The number of amides is 2. The Kier molecular flexibility index (Phi) is 11.4. The van der Waals surface area contributed by atoms with E-state index in [1.807, 2.05) is 85.8 Å². The average molecular weight is 517 g/mol. The third kappa shape index (κ3) is 8.73. The number of carbonyl (C=O) groups is 2. The number of hydrogen-bond donors (Lipinski definition) is 2. The van der Waals surface area contributed by atoms with Crippen molar-refractivity contribution in [2.75, 3.05) is 18.5 Å². The quantitative estimate of drug-likeness (QED) is 0.221. The van der Waals surface area contributed by atoms with Crippen molar-refractivity contribution in [2.45, 2.75) is 64.6 Å². The zero-order valence-electron chi connectivity index (χ0n) is 22.7. The SMILES string of the molecule is CCCCCCCNC(=O)N(C)c1cccc(-c2ccc(CC(OC(C)c3ccccc3)C(=O)O)cc2)c1. The van der Waals surface area contributed by atoms with Gasteiger partial charge in [-0.05, 0) is 47.7 Å². The first-order chi connectivity index (χ1) is 18.4. The van der Waals surface area contributed by atoms with Crippen LogP contribution in [0.2, 0.25) is 0 Å². The third-order valence-corrected chi connectivity index (χ3v) is 6.72. The number of anilines is 1. The molecule has 0 saturated heterocycles. The van der Waals surface area contributed by atoms with Gasteiger partial charge in [0.2, 0.25) is 0 Å². The van der Waals surface area contributed by atoms with Gasteiger partial charge in [-0.25, -0.2) is 9.59 Å². The Labute approximate surface area is 226 Å². The monoisotopic (exact) mass is 516 g/mol. The Morgan fingerprint density at radius 3 is 2.29 bits per heavy atom. The molecule has 3 aromatic rings. The van der Waals surface area contributed by atoms with Gasteiger partial charge in [0.1, 0.15) is 0 Å². The van der Waals surface area contributed by atoms with E-state index < -0.39 is 12.1 Å². The summed E-state index contributed by atoms with van der Waals surface area (Å²) in [6.45, 7) is 4.74. The van der Waals surface area contributed by atoms with E-state index in [4.69, 9.17) is 4.74 Å². The second-order valence-corrected chi connectivity index (χ2v) is 9.67. The summed E-state index contributed by atoms with van der Waals surface area (Å²) in [6, 6.07) is 25.2. The molecule has 0 spiro atoms. The van der Waals surface area contributed by atoms with Gasteiger partial charge in [-0.1, -0.05) is 99.3 Å². The first-order valence-corrected chi connectivity index (χ1v) is 13.5. The van der Waals surface area contributed by atoms with Gasteiger partial charge in [0.15, 0.2) is 6.10 Å². The van der Waals surface area contributed by atoms with Gasteiger partial charge in [-0.2, -0.15) is 0 Å². The van der Waals surface area contributed by atoms with Gasteiger partial charge in [-0.15, -0.1) is 0 Å². The highest BCUT2D eigenvalue weighted by molar-refractivity contribution is 5.92. The Hall–Kier alpha value is -3.64. The molecule has 3 aromatic carbocycles. The molecule has 2 atom stereocenters. The van der Waals surface area contributed by atoms with E-state index in [-0.39, 0.29) is 18.6 Å². The Morgan fingerprint density at radius 1 is 0.895 bits per heavy atom. The molecule has 0 aromatic heterocycles. The van der Waals surface area contributed by atoms with Crippen LogP contribution >= 0.6 is 0 Å². The van der Waals surface area contributed by atoms with Crippen molar-refractivity contribution in [1.82, 2.24) is 5.32 Å². The van der Waals surface area contributed by atoms with Gasteiger partial charge < -0.3 is 15.2 Å². The molecule has 0 saturated carbocycles. The molecule has 202 valence electrons. The maximum atomic E-state index is 12.6. The smallest absolute Gasteiger partial charge is 0.333 e. The minimum absolute atomic E-state index is 0.113. The molecule has 0 radical (unpaired) electrons. The van der Waals surface area contributed by atoms with Crippen molar-refractivity contribution in [3.63, 3.8) is 0 Å². The van der Waals surface area contributed by atoms with Gasteiger partial charge >= 0.3 is 12.0 Å². The molecule has 6 heteroatoms. The second-order valence-electron chi connectivity index (χ2n) is 9.67. The highest BCUT2D eigenvalue weighted by atomic mass is 16.5. The van der Waals surface area contributed by atoms with Crippen LogP contribution in [0, 0.1) is 0 Å². The highest BCUT2D eigenvalue weighted by Gasteiger charge is 2.22. The molecular weight excluding hydrogens is 476 g/mol. The van der Waals surface area contributed by atoms with Crippen molar-refractivity contribution >= 4 is 17.7 Å². The van der Waals surface area contributed by atoms with Crippen LogP contribution in [0.15, 0.2) is 78.9 Å². The molecule has 0 aliphatic rings. The number of nitrogens with one attached hydrogen (secondary N) is 1. The first kappa shape index (κ1) is 28.9. The van der Waals surface area contributed by atoms with Gasteiger partial charge in [-0.3, -0.25) is 4.90 Å². The van der Waals surface area contributed by atoms with Gasteiger partial charge in [0, 0.05) is 25.7 Å². The average Bonchev–Trinajstić information content (AvgIpc) is 2.94. The normalized spacial score (nSPS) is 12.5. The minimum Gasteiger partial charge on any atom is -0.479 e. The summed E-state index contributed by atoms with van der Waals surface area (Å²) >= 11 is 0. The fraction of sp³-hybridized carbons (Fsp3) is 0.375. The van der Waals surface area contributed by atoms with Crippen LogP contribution in [0.5, 0.6) is 0 Å². The van der Waals surface area contributed by atoms with Crippen LogP contribution in [0.1, 0.15) is 63.2 Å². The van der Waals surface area contributed by atoms with Gasteiger partial charge in [0.05, 0.1) is 6.10 Å². The van der Waals surface area contributed by atoms with E-state index in [9.17, 15) is 14.7 Å². The molecule has 38 heavy (non-hydrogen) atoms. The number of urea groups is 1. The van der Waals surface area contributed by atoms with E-state index in [1.165, 1.54) is 19.3 Å². The molecule has 2 amide bonds. The first-order valence-electron chi connectivity index (χ1n) is 13.5. The van der Waals surface area contributed by atoms with E-state index in [1.54, 1.807) is 11.9 Å². The standard InChI is InChI=1S/C32H40N2O4/c1-4-5-6-7-11-21-33-32(37)34(3)29-16-12-15-28(23-29)27-19-17-25(18-20-27)22-30(31(35)36)38-24(2)26-13-9-8-10-14-26/h8-10,12-20,23-24,30H,4-7,11,21-22H2,1-3H3,(H,33,37)(H,35,36). The summed E-state index contributed by atoms with van der Waals surface area (Å²) in [5.74, 6) is -0.980. The zero-order valence-corrected chi connectivity index (χ0v) is 22.7. The molecule has 3 rings (SSSR count). The Morgan fingerprint density at radius 2 is 1.61 bits per heavy atom. The van der Waals surface area contributed by atoms with Crippen molar-refractivity contribution < 1.29 is 19.4 Å². The molecule has 0 fully saturated rings. The largest absolute Gasteiger partial charge is 0.479 e. The van der Waals surface area contributed by atoms with Gasteiger partial charge in [0.25, 0.3) is 0 Å². The van der Waals surface area contributed by atoms with Crippen molar-refractivity contribution in [1.29, 1.82) is 0 Å². The topological polar surface area (TPSA) is 78.9 Å². The van der Waals surface area contributed by atoms with Crippen molar-refractivity contribution in [3.8, 4) is 11.1 Å². The zero-order chi connectivity index (χ0) is 27.3. The maximum absolute atomic E-state index is 12.6. The molecule has 0 aliphatic heterocycles. The molecule has 0 heterocycles. The fourth-order valence-electron chi connectivity index (χ4n) is 4.34. The maximum Gasteiger partial charge on any atom is 0.333 e. The Balaban J connectivity index is 1.60. The van der Waals surface area contributed by atoms with E-state index in [0.29, 0.717) is 6.54 Å². The van der Waals surface area contributed by atoms with Crippen molar-refractivity contribution in [2.24, 2.45) is 0 Å². The number of carboxylic acid groups (broad SMARTS) is 1. The van der Waals surface area contributed by atoms with Crippen LogP contribution < -0.4 is 10.2 Å². The Bertz CT molecular complexity index is 1150. The van der Waals surface area contributed by atoms with Crippen LogP contribution in [0.4, 0.5) is 10.5 Å². The summed E-state index contributed by atoms with van der Waals surface area (Å²) < 4.78 is 5.89. The molecule has 0 bridgehead atoms. The number of hydrogen-bond acceptors (Lipinski definition) is 3. The lowest BCUT2D eigenvalue weighted by molar-refractivity contribution is -0.153. The predicted octanol–water partition coefficient (Wildman–Crippen LogP) is 7.24. The molecular formula is C32H40N2O4. The number of unbranched alkanes of at least 4 members (excludes halogenated alkanes) is 4. The summed E-state index contributed by atoms with van der Waals surface area (Å²) in [5, 5.41) is 12.7. The number of ether oxygens (including phenoxy) is 1. The number of aliphatic carboxylic acids is 1. The lowest BCUT2D eigenvalue weighted by atomic mass is 10.0. The second kappa shape index (κ2) is 14.9. The number of benzene rings is 3. The lowest BCUT2D eigenvalue weighted by Crippen LogP contribution is -2.37. The number of carboxylic acids is 1. The fourth-order valence-corrected chi connectivity index (χ4v) is 4.34. The van der Waals surface area contributed by atoms with E-state index in [2.05, 4.69) is 12.2 Å². The van der Waals surface area contributed by atoms with Crippen LogP contribution in [-0.4, -0.2) is 36.8 Å². The number of nitrogens with zero attached hydrogens (tertiary/aromatic N) is 1. The lowest BCUT2D eigenvalue weighted by Gasteiger charge is -2.20. The summed E-state index contributed by atoms with van der Waals surface area (Å²) in [4.78, 5) is 26.1. The minimum atomic E-state index is -0.980. The summed E-state index contributed by atoms with van der Waals surface area (Å²) in [6.07, 6.45) is 4.78. The number of carbonyl (C=O) groups excluding carboxylic acids is 1. The molecule has 0 aliphatic carbocycles. The van der Waals surface area contributed by atoms with E-state index in [0.717, 1.165) is 40.8 Å². The predicted molar refractivity (Wildman–Crippen MR) is 154 cm³/mol. The van der Waals surface area contributed by atoms with Crippen LogP contribution in [0.3, 0.4) is 0 Å².